The lowest BCUT2D eigenvalue weighted by Crippen LogP contribution is -2.26. The fraction of sp³-hybridized carbons (Fsp3) is 0.179. The molecule has 0 radical (unpaired) electrons. The van der Waals surface area contributed by atoms with Gasteiger partial charge >= 0.3 is 0 Å². The number of fused-ring (bicyclic) bond motifs is 2. The second kappa shape index (κ2) is 9.06. The molecule has 0 aliphatic rings. The van der Waals surface area contributed by atoms with Gasteiger partial charge in [0.1, 0.15) is 23.9 Å². The predicted octanol–water partition coefficient (Wildman–Crippen LogP) is 5.96. The summed E-state index contributed by atoms with van der Waals surface area (Å²) < 4.78 is 20.1. The van der Waals surface area contributed by atoms with Crippen LogP contribution in [0, 0.1) is 19.7 Å². The van der Waals surface area contributed by atoms with E-state index in [4.69, 9.17) is 4.74 Å². The van der Waals surface area contributed by atoms with Gasteiger partial charge in [-0.25, -0.2) is 4.39 Å². The number of nitrogens with one attached hydrogen (secondary N) is 3. The Hall–Kier alpha value is -4.06. The summed E-state index contributed by atoms with van der Waals surface area (Å²) in [5.41, 5.74) is 5.96. The molecule has 0 fully saturated rings. The third-order valence-electron chi connectivity index (χ3n) is 6.18. The number of ether oxygens (including phenoxy) is 1. The maximum Gasteiger partial charge on any atom is 0.267 e. The van der Waals surface area contributed by atoms with E-state index in [0.29, 0.717) is 30.8 Å². The number of rotatable bonds is 7. The lowest BCUT2D eigenvalue weighted by Gasteiger charge is -2.06. The third-order valence-corrected chi connectivity index (χ3v) is 6.18. The lowest BCUT2D eigenvalue weighted by molar-refractivity contribution is 0.0950. The van der Waals surface area contributed by atoms with E-state index in [-0.39, 0.29) is 11.7 Å². The van der Waals surface area contributed by atoms with Crippen molar-refractivity contribution in [2.75, 3.05) is 6.54 Å². The standard InChI is InChI=1S/C28H26FN3O2/c1-17-8-10-23(29)27-26(17)22(18(2)31-27)12-13-30-28(33)25-15-20-14-21(9-11-24(20)32-25)34-16-19-6-4-3-5-7-19/h3-11,14-15,31-32H,12-13,16H2,1-2H3,(H,30,33). The van der Waals surface area contributed by atoms with Crippen LogP contribution < -0.4 is 10.1 Å². The lowest BCUT2D eigenvalue weighted by atomic mass is 10.0. The van der Waals surface area contributed by atoms with Crippen molar-refractivity contribution in [1.29, 1.82) is 0 Å². The van der Waals surface area contributed by atoms with Crippen molar-refractivity contribution in [3.8, 4) is 5.75 Å². The topological polar surface area (TPSA) is 69.9 Å². The minimum absolute atomic E-state index is 0.177. The van der Waals surface area contributed by atoms with Crippen molar-refractivity contribution in [3.05, 3.63) is 101 Å². The highest BCUT2D eigenvalue weighted by Gasteiger charge is 2.15. The molecule has 3 aromatic carbocycles. The zero-order chi connectivity index (χ0) is 23.7. The molecule has 0 unspecified atom stereocenters. The van der Waals surface area contributed by atoms with Crippen LogP contribution in [0.15, 0.2) is 66.7 Å². The first-order valence-corrected chi connectivity index (χ1v) is 11.3. The predicted molar refractivity (Wildman–Crippen MR) is 133 cm³/mol. The highest BCUT2D eigenvalue weighted by molar-refractivity contribution is 5.98. The van der Waals surface area contributed by atoms with Crippen molar-refractivity contribution in [3.63, 3.8) is 0 Å². The highest BCUT2D eigenvalue weighted by atomic mass is 19.1. The summed E-state index contributed by atoms with van der Waals surface area (Å²) in [6.07, 6.45) is 0.611. The van der Waals surface area contributed by atoms with E-state index in [1.807, 2.05) is 68.4 Å². The van der Waals surface area contributed by atoms with Crippen LogP contribution in [0.5, 0.6) is 5.75 Å². The molecule has 2 heterocycles. The zero-order valence-electron chi connectivity index (χ0n) is 19.2. The van der Waals surface area contributed by atoms with Gasteiger partial charge in [-0.1, -0.05) is 36.4 Å². The van der Waals surface area contributed by atoms with E-state index in [0.717, 1.165) is 44.4 Å². The van der Waals surface area contributed by atoms with Crippen LogP contribution >= 0.6 is 0 Å². The largest absolute Gasteiger partial charge is 0.489 e. The van der Waals surface area contributed by atoms with E-state index in [2.05, 4.69) is 15.3 Å². The Kier molecular flexibility index (Phi) is 5.80. The summed E-state index contributed by atoms with van der Waals surface area (Å²) in [5.74, 6) is 0.312. The van der Waals surface area contributed by atoms with E-state index in [1.54, 1.807) is 6.07 Å². The quantitative estimate of drug-likeness (QED) is 0.284. The Morgan fingerprint density at radius 3 is 2.65 bits per heavy atom. The number of aryl methyl sites for hydroxylation is 2. The monoisotopic (exact) mass is 455 g/mol. The number of aromatic amines is 2. The molecule has 5 rings (SSSR count). The van der Waals surface area contributed by atoms with Gasteiger partial charge in [-0.3, -0.25) is 4.79 Å². The van der Waals surface area contributed by atoms with Gasteiger partial charge < -0.3 is 20.0 Å². The average molecular weight is 456 g/mol. The minimum atomic E-state index is -0.260. The number of hydrogen-bond donors (Lipinski definition) is 3. The second-order valence-corrected chi connectivity index (χ2v) is 8.56. The number of amides is 1. The first kappa shape index (κ1) is 21.8. The number of aromatic nitrogens is 2. The van der Waals surface area contributed by atoms with Crippen molar-refractivity contribution >= 4 is 27.7 Å². The summed E-state index contributed by atoms with van der Waals surface area (Å²) in [5, 5.41) is 4.79. The summed E-state index contributed by atoms with van der Waals surface area (Å²) >= 11 is 0. The van der Waals surface area contributed by atoms with Gasteiger partial charge in [0.2, 0.25) is 0 Å². The molecule has 0 spiro atoms. The Bertz CT molecular complexity index is 1480. The van der Waals surface area contributed by atoms with Crippen molar-refractivity contribution in [1.82, 2.24) is 15.3 Å². The molecular weight excluding hydrogens is 429 g/mol. The van der Waals surface area contributed by atoms with E-state index in [9.17, 15) is 9.18 Å². The van der Waals surface area contributed by atoms with Crippen LogP contribution in [-0.2, 0) is 13.0 Å². The Morgan fingerprint density at radius 1 is 1.00 bits per heavy atom. The molecule has 3 N–H and O–H groups in total. The molecule has 0 bridgehead atoms. The maximum atomic E-state index is 14.2. The number of H-pyrrole nitrogens is 2. The van der Waals surface area contributed by atoms with Crippen LogP contribution in [-0.4, -0.2) is 22.4 Å². The van der Waals surface area contributed by atoms with Gasteiger partial charge in [0.05, 0.1) is 5.52 Å². The van der Waals surface area contributed by atoms with Gasteiger partial charge in [0, 0.05) is 28.5 Å². The van der Waals surface area contributed by atoms with Crippen LogP contribution in [0.4, 0.5) is 4.39 Å². The summed E-state index contributed by atoms with van der Waals surface area (Å²) in [7, 11) is 0. The number of hydrogen-bond acceptors (Lipinski definition) is 2. The van der Waals surface area contributed by atoms with Crippen LogP contribution in [0.3, 0.4) is 0 Å². The highest BCUT2D eigenvalue weighted by Crippen LogP contribution is 2.28. The normalized spacial score (nSPS) is 11.3. The summed E-state index contributed by atoms with van der Waals surface area (Å²) in [6, 6.07) is 20.8. The number of carbonyl (C=O) groups excluding carboxylic acids is 1. The van der Waals surface area contributed by atoms with E-state index in [1.165, 1.54) is 6.07 Å². The fourth-order valence-corrected chi connectivity index (χ4v) is 4.42. The third kappa shape index (κ3) is 4.27. The molecule has 0 aliphatic carbocycles. The van der Waals surface area contributed by atoms with Crippen LogP contribution in [0.2, 0.25) is 0 Å². The minimum Gasteiger partial charge on any atom is -0.489 e. The molecule has 2 aromatic heterocycles. The molecule has 172 valence electrons. The van der Waals surface area contributed by atoms with Gasteiger partial charge in [0.15, 0.2) is 0 Å². The van der Waals surface area contributed by atoms with Gasteiger partial charge in [-0.2, -0.15) is 0 Å². The Labute approximate surface area is 197 Å². The number of halogens is 1. The number of carbonyl (C=O) groups is 1. The van der Waals surface area contributed by atoms with Crippen molar-refractivity contribution in [2.45, 2.75) is 26.9 Å². The molecule has 5 nitrogen and oxygen atoms in total. The second-order valence-electron chi connectivity index (χ2n) is 8.56. The first-order chi connectivity index (χ1) is 16.5. The Morgan fingerprint density at radius 2 is 1.82 bits per heavy atom. The van der Waals surface area contributed by atoms with Crippen molar-refractivity contribution < 1.29 is 13.9 Å². The molecule has 34 heavy (non-hydrogen) atoms. The van der Waals surface area contributed by atoms with Gasteiger partial charge in [0.25, 0.3) is 5.91 Å². The molecule has 0 saturated heterocycles. The summed E-state index contributed by atoms with van der Waals surface area (Å²) in [6.45, 7) is 4.84. The van der Waals surface area contributed by atoms with Crippen LogP contribution in [0.25, 0.3) is 21.8 Å². The summed E-state index contributed by atoms with van der Waals surface area (Å²) in [4.78, 5) is 19.1. The van der Waals surface area contributed by atoms with E-state index >= 15 is 0 Å². The molecule has 5 aromatic rings. The molecular formula is C28H26FN3O2. The SMILES string of the molecule is Cc1[nH]c2c(F)ccc(C)c2c1CCNC(=O)c1cc2cc(OCc3ccccc3)ccc2[nH]1. The average Bonchev–Trinajstić information content (AvgIpc) is 3.42. The van der Waals surface area contributed by atoms with Crippen LogP contribution in [0.1, 0.15) is 32.9 Å². The molecule has 6 heteroatoms. The van der Waals surface area contributed by atoms with Crippen molar-refractivity contribution in [2.24, 2.45) is 0 Å². The van der Waals surface area contributed by atoms with E-state index < -0.39 is 0 Å². The molecule has 1 amide bonds. The van der Waals surface area contributed by atoms with Gasteiger partial charge in [-0.05, 0) is 67.3 Å². The maximum absolute atomic E-state index is 14.2. The fourth-order valence-electron chi connectivity index (χ4n) is 4.42. The number of benzene rings is 3. The van der Waals surface area contributed by atoms with Gasteiger partial charge in [-0.15, -0.1) is 0 Å². The Balaban J connectivity index is 1.25. The zero-order valence-corrected chi connectivity index (χ0v) is 19.2. The molecule has 0 saturated carbocycles. The molecule has 0 aliphatic heterocycles. The smallest absolute Gasteiger partial charge is 0.267 e. The first-order valence-electron chi connectivity index (χ1n) is 11.3. The molecule has 0 atom stereocenters.